The number of nitrogens with one attached hydrogen (secondary N) is 2. The van der Waals surface area contributed by atoms with Gasteiger partial charge in [0.2, 0.25) is 0 Å². The predicted molar refractivity (Wildman–Crippen MR) is 101 cm³/mol. The molecule has 0 bridgehead atoms. The molecule has 0 saturated heterocycles. The van der Waals surface area contributed by atoms with Crippen LogP contribution in [0.4, 0.5) is 5.69 Å². The van der Waals surface area contributed by atoms with Crippen molar-refractivity contribution in [2.24, 2.45) is 0 Å². The van der Waals surface area contributed by atoms with Crippen LogP contribution in [0.1, 0.15) is 11.1 Å². The average Bonchev–Trinajstić information content (AvgIpc) is 2.85. The fourth-order valence-electron chi connectivity index (χ4n) is 3.33. The first-order valence-electron chi connectivity index (χ1n) is 8.58. The van der Waals surface area contributed by atoms with Crippen molar-refractivity contribution in [2.45, 2.75) is 19.0 Å². The third kappa shape index (κ3) is 3.34. The second kappa shape index (κ2) is 6.90. The van der Waals surface area contributed by atoms with Crippen LogP contribution in [0.15, 0.2) is 78.9 Å². The van der Waals surface area contributed by atoms with E-state index in [9.17, 15) is 0 Å². The summed E-state index contributed by atoms with van der Waals surface area (Å²) in [7, 11) is 0. The van der Waals surface area contributed by atoms with Gasteiger partial charge < -0.3 is 10.6 Å². The molecule has 4 rings (SSSR count). The Bertz CT molecular complexity index is 797. The van der Waals surface area contributed by atoms with Gasteiger partial charge in [0.15, 0.2) is 0 Å². The van der Waals surface area contributed by atoms with Crippen LogP contribution in [0.5, 0.6) is 0 Å². The largest absolute Gasteiger partial charge is 0.383 e. The molecule has 2 heteroatoms. The van der Waals surface area contributed by atoms with Crippen molar-refractivity contribution >= 4 is 5.69 Å². The van der Waals surface area contributed by atoms with E-state index < -0.39 is 0 Å². The molecule has 0 radical (unpaired) electrons. The molecule has 1 atom stereocenters. The van der Waals surface area contributed by atoms with Gasteiger partial charge in [-0.05, 0) is 40.8 Å². The minimum atomic E-state index is 0.444. The van der Waals surface area contributed by atoms with Gasteiger partial charge in [0.25, 0.3) is 0 Å². The first-order valence-corrected chi connectivity index (χ1v) is 8.58. The van der Waals surface area contributed by atoms with Gasteiger partial charge in [-0.15, -0.1) is 0 Å². The fraction of sp³-hybridized carbons (Fsp3) is 0.182. The maximum Gasteiger partial charge on any atom is 0.0386 e. The summed E-state index contributed by atoms with van der Waals surface area (Å²) in [5, 5.41) is 7.31. The molecule has 0 unspecified atom stereocenters. The standard InChI is InChI=1S/C22H22N2/c1-3-7-17(8-4-1)13-21-16-24-22-12-11-19(14-20(22)15-23-21)18-9-5-2-6-10-18/h1-12,14,21,23-24H,13,15-16H2/t21-/m1/s1. The first-order chi connectivity index (χ1) is 11.9. The lowest BCUT2D eigenvalue weighted by molar-refractivity contribution is 0.537. The molecule has 3 aromatic carbocycles. The van der Waals surface area contributed by atoms with Gasteiger partial charge in [-0.1, -0.05) is 66.7 Å². The highest BCUT2D eigenvalue weighted by atomic mass is 15.0. The second-order valence-corrected chi connectivity index (χ2v) is 6.39. The highest BCUT2D eigenvalue weighted by molar-refractivity contribution is 5.68. The van der Waals surface area contributed by atoms with Crippen LogP contribution in [0.25, 0.3) is 11.1 Å². The molecule has 120 valence electrons. The lowest BCUT2D eigenvalue weighted by Gasteiger charge is -2.15. The number of hydrogen-bond donors (Lipinski definition) is 2. The molecule has 0 saturated carbocycles. The van der Waals surface area contributed by atoms with Crippen molar-refractivity contribution < 1.29 is 0 Å². The molecule has 1 heterocycles. The molecule has 0 aliphatic carbocycles. The number of rotatable bonds is 3. The fourth-order valence-corrected chi connectivity index (χ4v) is 3.33. The van der Waals surface area contributed by atoms with E-state index in [1.54, 1.807) is 0 Å². The molecular formula is C22H22N2. The summed E-state index contributed by atoms with van der Waals surface area (Å²) in [6.07, 6.45) is 1.05. The topological polar surface area (TPSA) is 24.1 Å². The van der Waals surface area contributed by atoms with E-state index in [4.69, 9.17) is 0 Å². The zero-order valence-electron chi connectivity index (χ0n) is 13.7. The number of anilines is 1. The molecule has 0 amide bonds. The minimum Gasteiger partial charge on any atom is -0.383 e. The number of benzene rings is 3. The van der Waals surface area contributed by atoms with E-state index in [1.807, 2.05) is 0 Å². The van der Waals surface area contributed by atoms with Gasteiger partial charge in [0, 0.05) is 24.8 Å². The van der Waals surface area contributed by atoms with E-state index >= 15 is 0 Å². The van der Waals surface area contributed by atoms with Crippen molar-refractivity contribution in [3.63, 3.8) is 0 Å². The molecule has 1 aliphatic heterocycles. The quantitative estimate of drug-likeness (QED) is 0.745. The van der Waals surface area contributed by atoms with Gasteiger partial charge in [-0.2, -0.15) is 0 Å². The highest BCUT2D eigenvalue weighted by Gasteiger charge is 2.15. The molecule has 3 aromatic rings. The Morgan fingerprint density at radius 2 is 1.54 bits per heavy atom. The highest BCUT2D eigenvalue weighted by Crippen LogP contribution is 2.26. The minimum absolute atomic E-state index is 0.444. The molecule has 0 aromatic heterocycles. The summed E-state index contributed by atoms with van der Waals surface area (Å²) in [6, 6.07) is 28.4. The molecule has 24 heavy (non-hydrogen) atoms. The zero-order chi connectivity index (χ0) is 16.2. The summed E-state index contributed by atoms with van der Waals surface area (Å²) in [4.78, 5) is 0. The summed E-state index contributed by atoms with van der Waals surface area (Å²) in [6.45, 7) is 1.85. The molecule has 0 fully saturated rings. The van der Waals surface area contributed by atoms with Crippen molar-refractivity contribution in [2.75, 3.05) is 11.9 Å². The zero-order valence-corrected chi connectivity index (χ0v) is 13.7. The number of hydrogen-bond acceptors (Lipinski definition) is 2. The Hall–Kier alpha value is -2.58. The maximum absolute atomic E-state index is 3.70. The van der Waals surface area contributed by atoms with E-state index in [2.05, 4.69) is 89.5 Å². The van der Waals surface area contributed by atoms with E-state index in [0.717, 1.165) is 19.5 Å². The Kier molecular flexibility index (Phi) is 4.30. The summed E-state index contributed by atoms with van der Waals surface area (Å²) >= 11 is 0. The summed E-state index contributed by atoms with van der Waals surface area (Å²) in [5.74, 6) is 0. The van der Waals surface area contributed by atoms with Crippen LogP contribution in [0.3, 0.4) is 0 Å². The van der Waals surface area contributed by atoms with Crippen LogP contribution < -0.4 is 10.6 Å². The smallest absolute Gasteiger partial charge is 0.0386 e. The normalized spacial score (nSPS) is 16.8. The van der Waals surface area contributed by atoms with Gasteiger partial charge in [0.1, 0.15) is 0 Å². The molecule has 2 N–H and O–H groups in total. The Balaban J connectivity index is 1.51. The summed E-state index contributed by atoms with van der Waals surface area (Å²) < 4.78 is 0. The van der Waals surface area contributed by atoms with Crippen LogP contribution in [-0.4, -0.2) is 12.6 Å². The SMILES string of the molecule is c1ccc(C[C@@H]2CNc3ccc(-c4ccccc4)cc3CN2)cc1. The molecule has 2 nitrogen and oxygen atoms in total. The third-order valence-corrected chi connectivity index (χ3v) is 4.66. The van der Waals surface area contributed by atoms with E-state index in [0.29, 0.717) is 6.04 Å². The van der Waals surface area contributed by atoms with Crippen LogP contribution >= 0.6 is 0 Å². The van der Waals surface area contributed by atoms with Crippen LogP contribution in [-0.2, 0) is 13.0 Å². The van der Waals surface area contributed by atoms with Crippen molar-refractivity contribution in [1.82, 2.24) is 5.32 Å². The van der Waals surface area contributed by atoms with Gasteiger partial charge in [-0.3, -0.25) is 0 Å². The Labute approximate surface area is 143 Å². The van der Waals surface area contributed by atoms with Crippen molar-refractivity contribution in [3.8, 4) is 11.1 Å². The van der Waals surface area contributed by atoms with Crippen molar-refractivity contribution in [3.05, 3.63) is 90.0 Å². The van der Waals surface area contributed by atoms with E-state index in [1.165, 1.54) is 27.9 Å². The lowest BCUT2D eigenvalue weighted by Crippen LogP contribution is -2.34. The monoisotopic (exact) mass is 314 g/mol. The molecule has 1 aliphatic rings. The van der Waals surface area contributed by atoms with Crippen LogP contribution in [0, 0.1) is 0 Å². The van der Waals surface area contributed by atoms with Crippen molar-refractivity contribution in [1.29, 1.82) is 0 Å². The molecular weight excluding hydrogens is 292 g/mol. The summed E-state index contributed by atoms with van der Waals surface area (Å²) in [5.41, 5.74) is 6.52. The average molecular weight is 314 g/mol. The van der Waals surface area contributed by atoms with Crippen LogP contribution in [0.2, 0.25) is 0 Å². The molecule has 0 spiro atoms. The lowest BCUT2D eigenvalue weighted by atomic mass is 10.0. The maximum atomic E-state index is 3.70. The van der Waals surface area contributed by atoms with Gasteiger partial charge in [0.05, 0.1) is 0 Å². The Morgan fingerprint density at radius 1 is 0.792 bits per heavy atom. The van der Waals surface area contributed by atoms with Gasteiger partial charge >= 0.3 is 0 Å². The third-order valence-electron chi connectivity index (χ3n) is 4.66. The second-order valence-electron chi connectivity index (χ2n) is 6.39. The van der Waals surface area contributed by atoms with E-state index in [-0.39, 0.29) is 0 Å². The number of fused-ring (bicyclic) bond motifs is 1. The Morgan fingerprint density at radius 3 is 2.33 bits per heavy atom. The van der Waals surface area contributed by atoms with Gasteiger partial charge in [-0.25, -0.2) is 0 Å². The first kappa shape index (κ1) is 15.0. The predicted octanol–water partition coefficient (Wildman–Crippen LogP) is 4.48.